The molecule has 3 aromatic rings. The first-order valence-electron chi connectivity index (χ1n) is 10.5. The summed E-state index contributed by atoms with van der Waals surface area (Å²) in [4.78, 5) is 7.47. The number of pyridine rings is 1. The molecule has 2 atom stereocenters. The second-order valence-electron chi connectivity index (χ2n) is 8.42. The van der Waals surface area contributed by atoms with E-state index in [1.165, 1.54) is 6.42 Å². The molecule has 0 amide bonds. The molecule has 1 aliphatic heterocycles. The van der Waals surface area contributed by atoms with Crippen molar-refractivity contribution in [2.24, 2.45) is 5.92 Å². The molecule has 2 unspecified atom stereocenters. The molecule has 5 heteroatoms. The third kappa shape index (κ3) is 3.28. The van der Waals surface area contributed by atoms with Gasteiger partial charge in [0, 0.05) is 35.9 Å². The molecule has 2 heterocycles. The standard InChI is InChI=1S/C24H26N4O/c1-15-11-22(15)28-9-7-17(8-10-28)26-24-18-5-3-4-6-20(18)27-21-12-16(14-25)23(29-2)13-19(21)24/h3-6,12-13,15,17,22H,7-11H2,1-2H3,(H,26,27). The molecule has 0 radical (unpaired) electrons. The summed E-state index contributed by atoms with van der Waals surface area (Å²) in [5.41, 5.74) is 3.39. The number of nitrogens with zero attached hydrogens (tertiary/aromatic N) is 3. The zero-order valence-corrected chi connectivity index (χ0v) is 17.0. The third-order valence-corrected chi connectivity index (χ3v) is 6.54. The number of aromatic nitrogens is 1. The minimum absolute atomic E-state index is 0.441. The second kappa shape index (κ2) is 7.20. The van der Waals surface area contributed by atoms with Crippen LogP contribution in [-0.2, 0) is 0 Å². The van der Waals surface area contributed by atoms with Gasteiger partial charge < -0.3 is 10.1 Å². The molecule has 5 rings (SSSR count). The smallest absolute Gasteiger partial charge is 0.137 e. The largest absolute Gasteiger partial charge is 0.495 e. The summed E-state index contributed by atoms with van der Waals surface area (Å²) in [7, 11) is 1.61. The highest BCUT2D eigenvalue weighted by molar-refractivity contribution is 6.08. The van der Waals surface area contributed by atoms with Crippen LogP contribution in [0.25, 0.3) is 21.8 Å². The van der Waals surface area contributed by atoms with Crippen LogP contribution in [-0.4, -0.2) is 42.2 Å². The predicted molar refractivity (Wildman–Crippen MR) is 116 cm³/mol. The lowest BCUT2D eigenvalue weighted by molar-refractivity contribution is 0.203. The number of fused-ring (bicyclic) bond motifs is 2. The summed E-state index contributed by atoms with van der Waals surface area (Å²) in [5, 5.41) is 15.4. The molecular weight excluding hydrogens is 360 g/mol. The number of likely N-dealkylation sites (tertiary alicyclic amines) is 1. The maximum absolute atomic E-state index is 9.47. The topological polar surface area (TPSA) is 61.2 Å². The van der Waals surface area contributed by atoms with E-state index in [0.717, 1.165) is 65.4 Å². The van der Waals surface area contributed by atoms with Crippen LogP contribution in [0.5, 0.6) is 5.75 Å². The number of piperidine rings is 1. The van der Waals surface area contributed by atoms with Gasteiger partial charge in [-0.25, -0.2) is 4.98 Å². The summed E-state index contributed by atoms with van der Waals surface area (Å²) in [6.45, 7) is 4.68. The molecule has 148 valence electrons. The van der Waals surface area contributed by atoms with E-state index in [1.807, 2.05) is 24.3 Å². The zero-order chi connectivity index (χ0) is 20.0. The van der Waals surface area contributed by atoms with E-state index in [9.17, 15) is 5.26 Å². The number of hydrogen-bond acceptors (Lipinski definition) is 5. The number of nitriles is 1. The van der Waals surface area contributed by atoms with Gasteiger partial charge in [0.2, 0.25) is 0 Å². The Balaban J connectivity index is 1.53. The number of nitrogens with one attached hydrogen (secondary N) is 1. The Morgan fingerprint density at radius 1 is 1.14 bits per heavy atom. The monoisotopic (exact) mass is 386 g/mol. The van der Waals surface area contributed by atoms with Gasteiger partial charge in [0.05, 0.1) is 29.4 Å². The average Bonchev–Trinajstić information content (AvgIpc) is 3.49. The Labute approximate surface area is 171 Å². The molecule has 1 saturated heterocycles. The van der Waals surface area contributed by atoms with Gasteiger partial charge in [-0.15, -0.1) is 0 Å². The molecule has 29 heavy (non-hydrogen) atoms. The predicted octanol–water partition coefficient (Wildman–Crippen LogP) is 4.55. The van der Waals surface area contributed by atoms with E-state index >= 15 is 0 Å². The minimum atomic E-state index is 0.441. The van der Waals surface area contributed by atoms with Crippen molar-refractivity contribution in [1.82, 2.24) is 9.88 Å². The van der Waals surface area contributed by atoms with Crippen molar-refractivity contribution < 1.29 is 4.74 Å². The molecule has 1 saturated carbocycles. The average molecular weight is 386 g/mol. The maximum Gasteiger partial charge on any atom is 0.137 e. The Hall–Kier alpha value is -2.84. The van der Waals surface area contributed by atoms with E-state index in [0.29, 0.717) is 17.4 Å². The van der Waals surface area contributed by atoms with Gasteiger partial charge in [-0.05, 0) is 43.4 Å². The molecule has 5 nitrogen and oxygen atoms in total. The van der Waals surface area contributed by atoms with Crippen LogP contribution < -0.4 is 10.1 Å². The van der Waals surface area contributed by atoms with Crippen molar-refractivity contribution in [1.29, 1.82) is 5.26 Å². The van der Waals surface area contributed by atoms with Crippen molar-refractivity contribution in [2.45, 2.75) is 38.3 Å². The van der Waals surface area contributed by atoms with Crippen molar-refractivity contribution in [2.75, 3.05) is 25.5 Å². The fourth-order valence-corrected chi connectivity index (χ4v) is 4.72. The van der Waals surface area contributed by atoms with Gasteiger partial charge in [-0.1, -0.05) is 25.1 Å². The lowest BCUT2D eigenvalue weighted by atomic mass is 10.0. The van der Waals surface area contributed by atoms with Gasteiger partial charge in [0.1, 0.15) is 11.8 Å². The SMILES string of the molecule is COc1cc2c(NC3CCN(C4CC4C)CC3)c3ccccc3nc2cc1C#N. The number of rotatable bonds is 4. The van der Waals surface area contributed by atoms with Crippen molar-refractivity contribution >= 4 is 27.5 Å². The van der Waals surface area contributed by atoms with Gasteiger partial charge in [-0.2, -0.15) is 5.26 Å². The molecule has 0 spiro atoms. The summed E-state index contributed by atoms with van der Waals surface area (Å²) >= 11 is 0. The molecule has 1 aromatic heterocycles. The first-order valence-corrected chi connectivity index (χ1v) is 10.5. The summed E-state index contributed by atoms with van der Waals surface area (Å²) < 4.78 is 5.47. The molecule has 2 aromatic carbocycles. The lowest BCUT2D eigenvalue weighted by Crippen LogP contribution is -2.40. The van der Waals surface area contributed by atoms with Crippen LogP contribution in [0.4, 0.5) is 5.69 Å². The van der Waals surface area contributed by atoms with Gasteiger partial charge in [-0.3, -0.25) is 4.90 Å². The minimum Gasteiger partial charge on any atom is -0.495 e. The summed E-state index contributed by atoms with van der Waals surface area (Å²) in [6, 6.07) is 15.5. The van der Waals surface area contributed by atoms with Crippen LogP contribution in [0.15, 0.2) is 36.4 Å². The summed E-state index contributed by atoms with van der Waals surface area (Å²) in [5.74, 6) is 1.46. The van der Waals surface area contributed by atoms with Gasteiger partial charge in [0.15, 0.2) is 0 Å². The molecule has 1 aliphatic carbocycles. The highest BCUT2D eigenvalue weighted by Gasteiger charge is 2.39. The highest BCUT2D eigenvalue weighted by Crippen LogP contribution is 2.38. The van der Waals surface area contributed by atoms with E-state index in [-0.39, 0.29) is 0 Å². The number of ether oxygens (including phenoxy) is 1. The number of hydrogen-bond donors (Lipinski definition) is 1. The highest BCUT2D eigenvalue weighted by atomic mass is 16.5. The molecule has 2 aliphatic rings. The quantitative estimate of drug-likeness (QED) is 0.667. The third-order valence-electron chi connectivity index (χ3n) is 6.54. The number of benzene rings is 2. The Kier molecular flexibility index (Phi) is 4.52. The van der Waals surface area contributed by atoms with Gasteiger partial charge in [0.25, 0.3) is 0 Å². The van der Waals surface area contributed by atoms with Crippen LogP contribution in [0.2, 0.25) is 0 Å². The van der Waals surface area contributed by atoms with E-state index in [4.69, 9.17) is 9.72 Å². The van der Waals surface area contributed by atoms with Gasteiger partial charge >= 0.3 is 0 Å². The number of methoxy groups -OCH3 is 1. The molecule has 1 N–H and O–H groups in total. The first-order chi connectivity index (χ1) is 14.2. The van der Waals surface area contributed by atoms with E-state index < -0.39 is 0 Å². The van der Waals surface area contributed by atoms with Crippen molar-refractivity contribution in [3.05, 3.63) is 42.0 Å². The van der Waals surface area contributed by atoms with Crippen LogP contribution in [0.1, 0.15) is 31.7 Å². The normalized spacial score (nSPS) is 22.5. The Morgan fingerprint density at radius 2 is 1.90 bits per heavy atom. The molecule has 0 bridgehead atoms. The summed E-state index contributed by atoms with van der Waals surface area (Å²) in [6.07, 6.45) is 3.66. The first kappa shape index (κ1) is 18.2. The maximum atomic E-state index is 9.47. The van der Waals surface area contributed by atoms with Crippen LogP contribution in [0.3, 0.4) is 0 Å². The molecular formula is C24H26N4O. The van der Waals surface area contributed by atoms with E-state index in [2.05, 4.69) is 35.3 Å². The lowest BCUT2D eigenvalue weighted by Gasteiger charge is -2.33. The number of anilines is 1. The van der Waals surface area contributed by atoms with E-state index in [1.54, 1.807) is 7.11 Å². The number of para-hydroxylation sites is 1. The second-order valence-corrected chi connectivity index (χ2v) is 8.42. The Morgan fingerprint density at radius 3 is 2.59 bits per heavy atom. The zero-order valence-electron chi connectivity index (χ0n) is 17.0. The molecule has 2 fully saturated rings. The fourth-order valence-electron chi connectivity index (χ4n) is 4.72. The van der Waals surface area contributed by atoms with Crippen molar-refractivity contribution in [3.63, 3.8) is 0 Å². The van der Waals surface area contributed by atoms with Crippen LogP contribution in [0, 0.1) is 17.2 Å². The van der Waals surface area contributed by atoms with Crippen molar-refractivity contribution in [3.8, 4) is 11.8 Å². The fraction of sp³-hybridized carbons (Fsp3) is 0.417. The van der Waals surface area contributed by atoms with Crippen LogP contribution >= 0.6 is 0 Å². The Bertz CT molecular complexity index is 1110.